The molecule has 5 nitrogen and oxygen atoms in total. The van der Waals surface area contributed by atoms with Crippen LogP contribution >= 0.6 is 11.3 Å². The van der Waals surface area contributed by atoms with Gasteiger partial charge in [0.15, 0.2) is 0 Å². The van der Waals surface area contributed by atoms with E-state index in [2.05, 4.69) is 12.2 Å². The Hall–Kier alpha value is -0.980. The minimum atomic E-state index is -0.359. The molecule has 0 atom stereocenters. The number of unbranched alkanes of at least 4 members (excludes halogenated alkanes) is 1. The van der Waals surface area contributed by atoms with Crippen LogP contribution in [0.5, 0.6) is 0 Å². The molecule has 0 radical (unpaired) electrons. The van der Waals surface area contributed by atoms with Gasteiger partial charge in [-0.1, -0.05) is 24.7 Å². The van der Waals surface area contributed by atoms with E-state index < -0.39 is 0 Å². The number of nitrogens with zero attached hydrogens (tertiary/aromatic N) is 1. The predicted octanol–water partition coefficient (Wildman–Crippen LogP) is 2.56. The van der Waals surface area contributed by atoms with Crippen molar-refractivity contribution < 1.29 is 9.66 Å². The average Bonchev–Trinajstić information content (AvgIpc) is 2.77. The maximum absolute atomic E-state index is 10.5. The summed E-state index contributed by atoms with van der Waals surface area (Å²) in [6.45, 7) is 5.06. The van der Waals surface area contributed by atoms with Gasteiger partial charge in [-0.15, -0.1) is 0 Å². The van der Waals surface area contributed by atoms with Crippen LogP contribution in [0.2, 0.25) is 0 Å². The highest BCUT2D eigenvalue weighted by molar-refractivity contribution is 7.15. The van der Waals surface area contributed by atoms with Crippen molar-refractivity contribution in [3.05, 3.63) is 27.1 Å². The number of thiophene rings is 1. The lowest BCUT2D eigenvalue weighted by atomic mass is 10.4. The third-order valence-electron chi connectivity index (χ3n) is 2.19. The molecule has 0 unspecified atom stereocenters. The molecule has 0 aromatic carbocycles. The molecule has 0 saturated heterocycles. The van der Waals surface area contributed by atoms with Crippen LogP contribution in [0.15, 0.2) is 12.1 Å². The minimum absolute atomic E-state index is 0.195. The van der Waals surface area contributed by atoms with E-state index in [1.807, 2.05) is 0 Å². The maximum Gasteiger partial charge on any atom is 0.324 e. The summed E-state index contributed by atoms with van der Waals surface area (Å²) in [4.78, 5) is 11.1. The van der Waals surface area contributed by atoms with E-state index in [1.165, 1.54) is 11.3 Å². The summed E-state index contributed by atoms with van der Waals surface area (Å²) in [5.74, 6) is 0. The Kier molecular flexibility index (Phi) is 6.76. The quantitative estimate of drug-likeness (QED) is 0.420. The van der Waals surface area contributed by atoms with E-state index in [4.69, 9.17) is 4.74 Å². The number of rotatable bonds is 9. The Bertz CT molecular complexity index is 341. The van der Waals surface area contributed by atoms with Crippen LogP contribution in [0.4, 0.5) is 5.00 Å². The molecule has 1 rings (SSSR count). The summed E-state index contributed by atoms with van der Waals surface area (Å²) in [7, 11) is 0. The largest absolute Gasteiger partial charge is 0.380 e. The van der Waals surface area contributed by atoms with E-state index in [1.54, 1.807) is 12.1 Å². The van der Waals surface area contributed by atoms with Crippen molar-refractivity contribution in [2.24, 2.45) is 0 Å². The van der Waals surface area contributed by atoms with Gasteiger partial charge in [0.05, 0.1) is 11.5 Å². The van der Waals surface area contributed by atoms with Gasteiger partial charge >= 0.3 is 5.00 Å². The number of hydrogen-bond donors (Lipinski definition) is 1. The van der Waals surface area contributed by atoms with Crippen molar-refractivity contribution in [1.82, 2.24) is 5.32 Å². The van der Waals surface area contributed by atoms with E-state index in [-0.39, 0.29) is 9.92 Å². The minimum Gasteiger partial charge on any atom is -0.380 e. The zero-order chi connectivity index (χ0) is 12.5. The van der Waals surface area contributed by atoms with Crippen LogP contribution in [0.3, 0.4) is 0 Å². The van der Waals surface area contributed by atoms with Crippen LogP contribution in [0.1, 0.15) is 24.6 Å². The second kappa shape index (κ2) is 8.16. The molecule has 1 N–H and O–H groups in total. The first-order valence-electron chi connectivity index (χ1n) is 5.75. The summed E-state index contributed by atoms with van der Waals surface area (Å²) in [5, 5.41) is 13.9. The lowest BCUT2D eigenvalue weighted by Gasteiger charge is -2.04. The van der Waals surface area contributed by atoms with Gasteiger partial charge in [0.25, 0.3) is 0 Å². The molecule has 0 bridgehead atoms. The number of nitrogens with one attached hydrogen (secondary N) is 1. The highest BCUT2D eigenvalue weighted by atomic mass is 32.1. The van der Waals surface area contributed by atoms with Crippen molar-refractivity contribution in [2.75, 3.05) is 19.8 Å². The van der Waals surface area contributed by atoms with Crippen molar-refractivity contribution in [2.45, 2.75) is 26.3 Å². The number of hydrogen-bond acceptors (Lipinski definition) is 5. The molecular formula is C11H18N2O3S. The third-order valence-corrected chi connectivity index (χ3v) is 3.23. The zero-order valence-electron chi connectivity index (χ0n) is 9.98. The fourth-order valence-electron chi connectivity index (χ4n) is 1.26. The molecule has 1 heterocycles. The second-order valence-corrected chi connectivity index (χ2v) is 4.79. The van der Waals surface area contributed by atoms with Crippen LogP contribution in [-0.4, -0.2) is 24.7 Å². The van der Waals surface area contributed by atoms with Crippen molar-refractivity contribution in [1.29, 1.82) is 0 Å². The lowest BCUT2D eigenvalue weighted by molar-refractivity contribution is -0.380. The van der Waals surface area contributed by atoms with E-state index in [0.717, 1.165) is 30.9 Å². The lowest BCUT2D eigenvalue weighted by Crippen LogP contribution is -2.18. The molecule has 0 aliphatic carbocycles. The summed E-state index contributed by atoms with van der Waals surface area (Å²) >= 11 is 1.21. The summed E-state index contributed by atoms with van der Waals surface area (Å²) in [6, 6.07) is 3.33. The van der Waals surface area contributed by atoms with Gasteiger partial charge in [0.2, 0.25) is 0 Å². The van der Waals surface area contributed by atoms with Crippen LogP contribution < -0.4 is 5.32 Å². The molecule has 0 aliphatic rings. The monoisotopic (exact) mass is 258 g/mol. The molecular weight excluding hydrogens is 240 g/mol. The summed E-state index contributed by atoms with van der Waals surface area (Å²) in [6.07, 6.45) is 2.24. The molecule has 1 aromatic heterocycles. The first-order chi connectivity index (χ1) is 8.24. The Balaban J connectivity index is 2.07. The molecule has 0 saturated carbocycles. The highest BCUT2D eigenvalue weighted by Gasteiger charge is 2.08. The van der Waals surface area contributed by atoms with Crippen LogP contribution in [-0.2, 0) is 11.3 Å². The van der Waals surface area contributed by atoms with Gasteiger partial charge in [-0.3, -0.25) is 10.1 Å². The third kappa shape index (κ3) is 5.76. The van der Waals surface area contributed by atoms with Gasteiger partial charge in [0.1, 0.15) is 0 Å². The normalized spacial score (nSPS) is 10.6. The first kappa shape index (κ1) is 14.1. The van der Waals surface area contributed by atoms with Gasteiger partial charge in [-0.05, 0) is 12.5 Å². The molecule has 17 heavy (non-hydrogen) atoms. The van der Waals surface area contributed by atoms with Crippen molar-refractivity contribution in [3.63, 3.8) is 0 Å². The summed E-state index contributed by atoms with van der Waals surface area (Å²) in [5.41, 5.74) is 0. The molecule has 6 heteroatoms. The zero-order valence-corrected chi connectivity index (χ0v) is 10.8. The second-order valence-electron chi connectivity index (χ2n) is 3.64. The Labute approximate surface area is 105 Å². The Morgan fingerprint density at radius 2 is 2.29 bits per heavy atom. The molecule has 1 aromatic rings. The molecule has 96 valence electrons. The topological polar surface area (TPSA) is 64.4 Å². The van der Waals surface area contributed by atoms with Gasteiger partial charge in [0, 0.05) is 30.6 Å². The highest BCUT2D eigenvalue weighted by Crippen LogP contribution is 2.23. The Morgan fingerprint density at radius 3 is 2.94 bits per heavy atom. The molecule has 0 spiro atoms. The fraction of sp³-hybridized carbons (Fsp3) is 0.636. The van der Waals surface area contributed by atoms with Crippen LogP contribution in [0, 0.1) is 10.1 Å². The molecule has 0 amide bonds. The van der Waals surface area contributed by atoms with E-state index >= 15 is 0 Å². The van der Waals surface area contributed by atoms with Gasteiger partial charge in [-0.25, -0.2) is 0 Å². The number of nitro groups is 1. The smallest absolute Gasteiger partial charge is 0.324 e. The van der Waals surface area contributed by atoms with Crippen molar-refractivity contribution >= 4 is 16.3 Å². The standard InChI is InChI=1S/C11H18N2O3S/c1-2-3-7-16-8-6-12-9-10-4-5-11(17-10)13(14)15/h4-5,12H,2-3,6-9H2,1H3. The molecule has 0 fully saturated rings. The first-order valence-corrected chi connectivity index (χ1v) is 6.57. The maximum atomic E-state index is 10.5. The Morgan fingerprint density at radius 1 is 1.47 bits per heavy atom. The summed E-state index contributed by atoms with van der Waals surface area (Å²) < 4.78 is 5.39. The average molecular weight is 258 g/mol. The van der Waals surface area contributed by atoms with Crippen LogP contribution in [0.25, 0.3) is 0 Å². The fourth-order valence-corrected chi connectivity index (χ4v) is 2.05. The number of ether oxygens (including phenoxy) is 1. The van der Waals surface area contributed by atoms with E-state index in [0.29, 0.717) is 13.2 Å². The van der Waals surface area contributed by atoms with Gasteiger partial charge < -0.3 is 10.1 Å². The van der Waals surface area contributed by atoms with Gasteiger partial charge in [-0.2, -0.15) is 0 Å². The van der Waals surface area contributed by atoms with Crippen molar-refractivity contribution in [3.8, 4) is 0 Å². The van der Waals surface area contributed by atoms with E-state index in [9.17, 15) is 10.1 Å². The predicted molar refractivity (Wildman–Crippen MR) is 68.4 cm³/mol. The SMILES string of the molecule is CCCCOCCNCc1ccc([N+](=O)[O-])s1. The molecule has 0 aliphatic heterocycles.